The van der Waals surface area contributed by atoms with Gasteiger partial charge in [0.2, 0.25) is 0 Å². The van der Waals surface area contributed by atoms with Gasteiger partial charge in [0.1, 0.15) is 0 Å². The Kier molecular flexibility index (Phi) is 673. The van der Waals surface area contributed by atoms with Gasteiger partial charge in [0.15, 0.2) is 0 Å². The molecule has 0 aromatic carbocycles. The molecule has 0 fully saturated rings. The Morgan fingerprint density at radius 2 is 1.00 bits per heavy atom. The number of carboxylic acids is 1. The summed E-state index contributed by atoms with van der Waals surface area (Å²) < 4.78 is 0. The van der Waals surface area contributed by atoms with E-state index in [4.69, 9.17) is 9.90 Å². The first-order chi connectivity index (χ1) is 1.73. The predicted octanol–water partition coefficient (Wildman–Crippen LogP) is -0.436. The van der Waals surface area contributed by atoms with Crippen LogP contribution in [0.2, 0.25) is 0 Å². The molecular formula is C2H18CoN5O2+. The van der Waals surface area contributed by atoms with Crippen LogP contribution in [-0.4, -0.2) is 5.97 Å². The summed E-state index contributed by atoms with van der Waals surface area (Å²) in [5.74, 6) is -1.08. The standard InChI is InChI=1S/C2H4O2.Co.5H3N/c1-2(3)4;;;;;;/h1H3,(H,3,4);;5*1H3/q;+2;;;;;/p-1. The van der Waals surface area contributed by atoms with Gasteiger partial charge in [-0.25, -0.2) is 0 Å². The Bertz CT molecular complexity index is 40.6. The van der Waals surface area contributed by atoms with E-state index >= 15 is 0 Å². The van der Waals surface area contributed by atoms with Crippen LogP contribution >= 0.6 is 0 Å². The van der Waals surface area contributed by atoms with Gasteiger partial charge in [-0.15, -0.1) is 0 Å². The molecule has 1 radical (unpaired) electrons. The van der Waals surface area contributed by atoms with Gasteiger partial charge in [0, 0.05) is 5.97 Å². The summed E-state index contributed by atoms with van der Waals surface area (Å²) in [5.41, 5.74) is 0. The van der Waals surface area contributed by atoms with Crippen molar-refractivity contribution < 1.29 is 26.7 Å². The van der Waals surface area contributed by atoms with E-state index in [9.17, 15) is 0 Å². The van der Waals surface area contributed by atoms with Gasteiger partial charge in [-0.1, -0.05) is 0 Å². The molecule has 0 aromatic heterocycles. The van der Waals surface area contributed by atoms with E-state index < -0.39 is 5.97 Å². The van der Waals surface area contributed by atoms with Crippen LogP contribution in [0.1, 0.15) is 6.92 Å². The molecule has 7 nitrogen and oxygen atoms in total. The molecule has 0 amide bonds. The Morgan fingerprint density at radius 1 is 1.00 bits per heavy atom. The molecule has 0 rings (SSSR count). The first-order valence-corrected chi connectivity index (χ1v) is 0.908. The van der Waals surface area contributed by atoms with E-state index in [1.54, 1.807) is 0 Å². The summed E-state index contributed by atoms with van der Waals surface area (Å²) in [6, 6.07) is 0. The number of rotatable bonds is 0. The third-order valence-corrected chi connectivity index (χ3v) is 0. The molecule has 0 saturated carbocycles. The van der Waals surface area contributed by atoms with Crippen molar-refractivity contribution in [1.82, 2.24) is 30.8 Å². The molecule has 0 aliphatic heterocycles. The molecule has 15 N–H and O–H groups in total. The summed E-state index contributed by atoms with van der Waals surface area (Å²) in [4.78, 5) is 8.89. The Balaban J connectivity index is -0.00000000300. The van der Waals surface area contributed by atoms with E-state index in [-0.39, 0.29) is 47.5 Å². The van der Waals surface area contributed by atoms with Crippen molar-refractivity contribution in [3.63, 3.8) is 0 Å². The molecule has 0 atom stereocenters. The van der Waals surface area contributed by atoms with Crippen LogP contribution in [0.15, 0.2) is 0 Å². The fourth-order valence-electron chi connectivity index (χ4n) is 0. The molecule has 0 saturated heterocycles. The molecule has 0 unspecified atom stereocenters. The third-order valence-electron chi connectivity index (χ3n) is 0. The molecule has 0 heterocycles. The van der Waals surface area contributed by atoms with Crippen LogP contribution in [-0.2, 0) is 21.6 Å². The molecule has 0 spiro atoms. The number of aliphatic carboxylic acids is 1. The zero-order valence-corrected chi connectivity index (χ0v) is 7.23. The molecule has 0 bridgehead atoms. The minimum Gasteiger partial charge on any atom is -0.550 e. The molecular weight excluding hydrogens is 185 g/mol. The maximum absolute atomic E-state index is 8.89. The van der Waals surface area contributed by atoms with Gasteiger partial charge >= 0.3 is 16.8 Å². The molecule has 10 heavy (non-hydrogen) atoms. The van der Waals surface area contributed by atoms with Crippen LogP contribution in [0, 0.1) is 0 Å². The van der Waals surface area contributed by atoms with Gasteiger partial charge in [0.05, 0.1) is 0 Å². The monoisotopic (exact) mass is 203 g/mol. The number of carbonyl (C=O) groups is 1. The maximum atomic E-state index is 8.89. The second kappa shape index (κ2) is 68.8. The van der Waals surface area contributed by atoms with E-state index in [2.05, 4.69) is 0 Å². The van der Waals surface area contributed by atoms with Gasteiger partial charge in [-0.3, -0.25) is 0 Å². The third kappa shape index (κ3) is 7150. The van der Waals surface area contributed by atoms with Crippen molar-refractivity contribution in [2.24, 2.45) is 0 Å². The van der Waals surface area contributed by atoms with E-state index in [0.29, 0.717) is 0 Å². The van der Waals surface area contributed by atoms with Crippen molar-refractivity contribution in [1.29, 1.82) is 0 Å². The minimum atomic E-state index is -1.08. The van der Waals surface area contributed by atoms with Gasteiger partial charge in [-0.05, 0) is 6.92 Å². The van der Waals surface area contributed by atoms with Crippen molar-refractivity contribution >= 4 is 5.97 Å². The zero-order chi connectivity index (χ0) is 3.58. The van der Waals surface area contributed by atoms with E-state index in [1.807, 2.05) is 0 Å². The van der Waals surface area contributed by atoms with Gasteiger partial charge in [-0.2, -0.15) is 0 Å². The summed E-state index contributed by atoms with van der Waals surface area (Å²) in [5, 5.41) is 8.89. The fourth-order valence-corrected chi connectivity index (χ4v) is 0. The summed E-state index contributed by atoms with van der Waals surface area (Å²) in [6.45, 7) is 0.972. The number of carboxylic acid groups (broad SMARTS) is 1. The Hall–Kier alpha value is -0.224. The normalized spacial score (nSPS) is 2.50. The predicted molar refractivity (Wildman–Crippen MR) is 35.8 cm³/mol. The molecule has 8 heteroatoms. The Labute approximate surface area is 71.1 Å². The first kappa shape index (κ1) is 97.7. The van der Waals surface area contributed by atoms with Crippen LogP contribution in [0.5, 0.6) is 0 Å². The Morgan fingerprint density at radius 3 is 1.00 bits per heavy atom. The largest absolute Gasteiger partial charge is 2.00 e. The van der Waals surface area contributed by atoms with Crippen LogP contribution < -0.4 is 35.9 Å². The molecule has 0 aliphatic rings. The van der Waals surface area contributed by atoms with Crippen LogP contribution in [0.4, 0.5) is 0 Å². The second-order valence-electron chi connectivity index (χ2n) is 0.492. The summed E-state index contributed by atoms with van der Waals surface area (Å²) in [6.07, 6.45) is 0. The van der Waals surface area contributed by atoms with E-state index in [1.165, 1.54) is 0 Å². The summed E-state index contributed by atoms with van der Waals surface area (Å²) in [7, 11) is 0. The SMILES string of the molecule is CC(=O)[O-].N.N.N.N.N.[Co+2]. The second-order valence-corrected chi connectivity index (χ2v) is 0.492. The van der Waals surface area contributed by atoms with Gasteiger partial charge in [0.25, 0.3) is 0 Å². The molecule has 71 valence electrons. The summed E-state index contributed by atoms with van der Waals surface area (Å²) >= 11 is 0. The fraction of sp³-hybridized carbons (Fsp3) is 0.500. The van der Waals surface area contributed by atoms with Crippen LogP contribution in [0.3, 0.4) is 0 Å². The van der Waals surface area contributed by atoms with E-state index in [0.717, 1.165) is 6.92 Å². The van der Waals surface area contributed by atoms with Crippen molar-refractivity contribution in [3.05, 3.63) is 0 Å². The number of hydrogen-bond donors (Lipinski definition) is 5. The molecule has 0 aromatic rings. The minimum absolute atomic E-state index is 0. The number of carbonyl (C=O) groups excluding carboxylic acids is 1. The smallest absolute Gasteiger partial charge is 0.550 e. The average molecular weight is 203 g/mol. The molecule has 0 aliphatic carbocycles. The maximum Gasteiger partial charge on any atom is 2.00 e. The van der Waals surface area contributed by atoms with Crippen LogP contribution in [0.25, 0.3) is 0 Å². The van der Waals surface area contributed by atoms with Crippen molar-refractivity contribution in [2.75, 3.05) is 0 Å². The average Bonchev–Trinajstić information content (AvgIpc) is 0.811. The number of hydrogen-bond acceptors (Lipinski definition) is 7. The first-order valence-electron chi connectivity index (χ1n) is 0.908. The zero-order valence-electron chi connectivity index (χ0n) is 6.19. The van der Waals surface area contributed by atoms with Crippen molar-refractivity contribution in [2.45, 2.75) is 6.92 Å². The quantitative estimate of drug-likeness (QED) is 0.349. The van der Waals surface area contributed by atoms with Crippen molar-refractivity contribution in [3.8, 4) is 0 Å². The van der Waals surface area contributed by atoms with Gasteiger partial charge < -0.3 is 40.7 Å². The topological polar surface area (TPSA) is 215 Å².